The first kappa shape index (κ1) is 14.0. The monoisotopic (exact) mass is 271 g/mol. The minimum absolute atomic E-state index is 0.0697. The van der Waals surface area contributed by atoms with Crippen LogP contribution in [0.15, 0.2) is 23.6 Å². The van der Waals surface area contributed by atoms with Crippen molar-refractivity contribution in [2.45, 2.75) is 50.5 Å². The molecule has 0 bridgehead atoms. The highest BCUT2D eigenvalue weighted by Gasteiger charge is 2.32. The predicted molar refractivity (Wildman–Crippen MR) is 66.8 cm³/mol. The van der Waals surface area contributed by atoms with Crippen LogP contribution in [0.4, 0.5) is 4.39 Å². The van der Waals surface area contributed by atoms with E-state index in [-0.39, 0.29) is 30.1 Å². The smallest absolute Gasteiger partial charge is 0.306 e. The van der Waals surface area contributed by atoms with Crippen molar-refractivity contribution < 1.29 is 18.8 Å². The van der Waals surface area contributed by atoms with Gasteiger partial charge in [0.1, 0.15) is 12.3 Å². The second kappa shape index (κ2) is 6.14. The molecule has 106 valence electrons. The van der Waals surface area contributed by atoms with E-state index in [1.807, 2.05) is 0 Å². The van der Waals surface area contributed by atoms with Crippen molar-refractivity contribution in [2.75, 3.05) is 7.11 Å². The summed E-state index contributed by atoms with van der Waals surface area (Å²) in [4.78, 5) is 10.4. The average molecular weight is 271 g/mol. The van der Waals surface area contributed by atoms with Crippen molar-refractivity contribution in [2.24, 2.45) is 0 Å². The van der Waals surface area contributed by atoms with Crippen molar-refractivity contribution in [3.05, 3.63) is 33.7 Å². The maximum Gasteiger partial charge on any atom is 0.306 e. The summed E-state index contributed by atoms with van der Waals surface area (Å²) in [6.07, 6.45) is 4.52. The van der Waals surface area contributed by atoms with Crippen molar-refractivity contribution >= 4 is 0 Å². The number of allylic oxidation sites excluding steroid dienone is 3. The van der Waals surface area contributed by atoms with Crippen LogP contribution in [-0.2, 0) is 9.47 Å². The Balaban J connectivity index is 2.14. The van der Waals surface area contributed by atoms with Crippen LogP contribution in [0.2, 0.25) is 0 Å². The van der Waals surface area contributed by atoms with Gasteiger partial charge in [-0.3, -0.25) is 10.1 Å². The quantitative estimate of drug-likeness (QED) is 0.582. The predicted octanol–water partition coefficient (Wildman–Crippen LogP) is 2.75. The standard InChI is InChI=1S/C13H18FNO4/c1-18-11-4-2-3-5-12(11)19-13-8-9(14)6-7-10(13)15(16)17/h6-7,9,11-12H,2-5,8H2,1H3/t9?,11-,12-/m0/s1. The summed E-state index contributed by atoms with van der Waals surface area (Å²) < 4.78 is 24.4. The molecule has 0 spiro atoms. The van der Waals surface area contributed by atoms with E-state index in [2.05, 4.69) is 0 Å². The van der Waals surface area contributed by atoms with E-state index in [1.54, 1.807) is 7.11 Å². The lowest BCUT2D eigenvalue weighted by atomic mass is 9.94. The Labute approximate surface area is 111 Å². The average Bonchev–Trinajstić information content (AvgIpc) is 2.39. The highest BCUT2D eigenvalue weighted by atomic mass is 19.1. The molecular formula is C13H18FNO4. The molecule has 1 unspecified atom stereocenters. The lowest BCUT2D eigenvalue weighted by Gasteiger charge is -2.31. The van der Waals surface area contributed by atoms with Gasteiger partial charge in [0, 0.05) is 19.6 Å². The van der Waals surface area contributed by atoms with E-state index >= 15 is 0 Å². The maximum atomic E-state index is 13.3. The first-order chi connectivity index (χ1) is 9.11. The Hall–Kier alpha value is -1.43. The van der Waals surface area contributed by atoms with Crippen LogP contribution in [-0.4, -0.2) is 30.4 Å². The second-order valence-electron chi connectivity index (χ2n) is 4.86. The van der Waals surface area contributed by atoms with Gasteiger partial charge in [0.05, 0.1) is 11.0 Å². The largest absolute Gasteiger partial charge is 0.485 e. The van der Waals surface area contributed by atoms with E-state index in [1.165, 1.54) is 12.2 Å². The lowest BCUT2D eigenvalue weighted by molar-refractivity contribution is -0.423. The van der Waals surface area contributed by atoms with Crippen LogP contribution in [0, 0.1) is 10.1 Å². The van der Waals surface area contributed by atoms with E-state index < -0.39 is 11.1 Å². The molecule has 6 heteroatoms. The SMILES string of the molecule is CO[C@H]1CCCC[C@@H]1OC1=C([N+](=O)[O-])C=CC(F)C1. The number of nitrogens with zero attached hydrogens (tertiary/aromatic N) is 1. The Kier molecular flexibility index (Phi) is 4.52. The molecule has 19 heavy (non-hydrogen) atoms. The van der Waals surface area contributed by atoms with Crippen molar-refractivity contribution in [1.29, 1.82) is 0 Å². The molecule has 0 aromatic rings. The van der Waals surface area contributed by atoms with Crippen molar-refractivity contribution in [3.8, 4) is 0 Å². The van der Waals surface area contributed by atoms with E-state index in [0.29, 0.717) is 0 Å². The molecule has 3 atom stereocenters. The van der Waals surface area contributed by atoms with Gasteiger partial charge < -0.3 is 9.47 Å². The summed E-state index contributed by atoms with van der Waals surface area (Å²) in [5, 5.41) is 10.9. The molecule has 0 aromatic carbocycles. The first-order valence-electron chi connectivity index (χ1n) is 6.51. The minimum atomic E-state index is -1.22. The molecule has 0 saturated heterocycles. The fourth-order valence-electron chi connectivity index (χ4n) is 2.56. The van der Waals surface area contributed by atoms with Gasteiger partial charge in [0.2, 0.25) is 0 Å². The Bertz CT molecular complexity index is 407. The molecule has 1 saturated carbocycles. The number of halogens is 1. The van der Waals surface area contributed by atoms with Crippen LogP contribution in [0.1, 0.15) is 32.1 Å². The van der Waals surface area contributed by atoms with Gasteiger partial charge in [-0.2, -0.15) is 0 Å². The van der Waals surface area contributed by atoms with Crippen LogP contribution < -0.4 is 0 Å². The van der Waals surface area contributed by atoms with Gasteiger partial charge >= 0.3 is 5.70 Å². The third-order valence-corrected chi connectivity index (χ3v) is 3.56. The van der Waals surface area contributed by atoms with Crippen LogP contribution in [0.3, 0.4) is 0 Å². The van der Waals surface area contributed by atoms with E-state index in [0.717, 1.165) is 25.7 Å². The van der Waals surface area contributed by atoms with E-state index in [9.17, 15) is 14.5 Å². The summed E-state index contributed by atoms with van der Waals surface area (Å²) in [5.41, 5.74) is -0.144. The first-order valence-corrected chi connectivity index (χ1v) is 6.51. The minimum Gasteiger partial charge on any atom is -0.485 e. The molecule has 1 fully saturated rings. The van der Waals surface area contributed by atoms with Crippen LogP contribution in [0.25, 0.3) is 0 Å². The topological polar surface area (TPSA) is 61.6 Å². The summed E-state index contributed by atoms with van der Waals surface area (Å²) in [7, 11) is 1.61. The third kappa shape index (κ3) is 3.32. The molecule has 0 N–H and O–H groups in total. The zero-order valence-electron chi connectivity index (χ0n) is 10.9. The molecule has 0 aliphatic heterocycles. The van der Waals surface area contributed by atoms with Gasteiger partial charge in [-0.25, -0.2) is 4.39 Å². The third-order valence-electron chi connectivity index (χ3n) is 3.56. The number of alkyl halides is 1. The summed E-state index contributed by atoms with van der Waals surface area (Å²) in [6, 6.07) is 0. The molecule has 0 aromatic heterocycles. The molecule has 0 heterocycles. The zero-order chi connectivity index (χ0) is 13.8. The van der Waals surface area contributed by atoms with E-state index in [4.69, 9.17) is 9.47 Å². The Morgan fingerprint density at radius 1 is 1.37 bits per heavy atom. The molecule has 2 aliphatic carbocycles. The number of nitro groups is 1. The number of rotatable bonds is 4. The highest BCUT2D eigenvalue weighted by molar-refractivity contribution is 5.23. The Morgan fingerprint density at radius 3 is 2.68 bits per heavy atom. The molecule has 0 amide bonds. The van der Waals surface area contributed by atoms with Crippen LogP contribution >= 0.6 is 0 Å². The fraction of sp³-hybridized carbons (Fsp3) is 0.692. The van der Waals surface area contributed by atoms with Crippen LogP contribution in [0.5, 0.6) is 0 Å². The summed E-state index contributed by atoms with van der Waals surface area (Å²) in [5.74, 6) is 0.133. The zero-order valence-corrected chi connectivity index (χ0v) is 10.9. The number of hydrogen-bond acceptors (Lipinski definition) is 4. The van der Waals surface area contributed by atoms with Gasteiger partial charge in [0.15, 0.2) is 5.76 Å². The molecular weight excluding hydrogens is 253 g/mol. The number of methoxy groups -OCH3 is 1. The summed E-state index contributed by atoms with van der Waals surface area (Å²) in [6.45, 7) is 0. The number of ether oxygens (including phenoxy) is 2. The molecule has 2 rings (SSSR count). The molecule has 0 radical (unpaired) electrons. The van der Waals surface area contributed by atoms with Gasteiger partial charge in [0.25, 0.3) is 0 Å². The molecule has 2 aliphatic rings. The lowest BCUT2D eigenvalue weighted by Crippen LogP contribution is -2.34. The summed E-state index contributed by atoms with van der Waals surface area (Å²) >= 11 is 0. The van der Waals surface area contributed by atoms with Gasteiger partial charge in [-0.1, -0.05) is 6.42 Å². The highest BCUT2D eigenvalue weighted by Crippen LogP contribution is 2.30. The maximum absolute atomic E-state index is 13.3. The fourth-order valence-corrected chi connectivity index (χ4v) is 2.56. The van der Waals surface area contributed by atoms with Crippen molar-refractivity contribution in [3.63, 3.8) is 0 Å². The normalized spacial score (nSPS) is 31.4. The van der Waals surface area contributed by atoms with Gasteiger partial charge in [-0.05, 0) is 25.3 Å². The number of hydrogen-bond donors (Lipinski definition) is 0. The Morgan fingerprint density at radius 2 is 2.05 bits per heavy atom. The second-order valence-corrected chi connectivity index (χ2v) is 4.86. The van der Waals surface area contributed by atoms with Crippen molar-refractivity contribution in [1.82, 2.24) is 0 Å². The molecule has 5 nitrogen and oxygen atoms in total. The van der Waals surface area contributed by atoms with Gasteiger partial charge in [-0.15, -0.1) is 0 Å².